The largest absolute Gasteiger partial charge is 0.444 e. The first-order valence-electron chi connectivity index (χ1n) is 10.7. The third kappa shape index (κ3) is 4.04. The van der Waals surface area contributed by atoms with Crippen molar-refractivity contribution in [1.82, 2.24) is 9.97 Å². The summed E-state index contributed by atoms with van der Waals surface area (Å²) < 4.78 is 25.3. The van der Waals surface area contributed by atoms with Crippen molar-refractivity contribution >= 4 is 33.5 Å². The van der Waals surface area contributed by atoms with E-state index in [1.54, 1.807) is 0 Å². The Labute approximate surface area is 186 Å². The highest BCUT2D eigenvalue weighted by molar-refractivity contribution is 7.18. The van der Waals surface area contributed by atoms with Crippen molar-refractivity contribution in [2.75, 3.05) is 5.32 Å². The number of amides is 1. The molecule has 31 heavy (non-hydrogen) atoms. The normalized spacial score (nSPS) is 26.7. The van der Waals surface area contributed by atoms with Gasteiger partial charge in [0.05, 0.1) is 15.8 Å². The molecule has 0 aliphatic carbocycles. The molecule has 0 unspecified atom stereocenters. The number of ether oxygens (including phenoxy) is 4. The van der Waals surface area contributed by atoms with Crippen LogP contribution in [-0.2, 0) is 18.9 Å². The van der Waals surface area contributed by atoms with Gasteiger partial charge in [0.1, 0.15) is 30.2 Å². The maximum absolute atomic E-state index is 12.3. The molecule has 0 aromatic carbocycles. The number of carbonyl (C=O) groups excluding carboxylic acids is 1. The zero-order valence-electron chi connectivity index (χ0n) is 19.1. The van der Waals surface area contributed by atoms with E-state index < -0.39 is 23.1 Å². The standard InChI is InChI=1S/C22H31N3O5S/c1-8-22(9-2)17-15(27-21(6,7)29-17)14(28-22)12-10-31-16-13(12)23-11-24-18(16)25-19(26)30-20(3,4)5/h10-11,14-15,17H,8-9H2,1-7H3,(H,23,24,25,26)/t14-,15-,17-/m0/s1. The number of thiophene rings is 1. The molecule has 2 saturated heterocycles. The summed E-state index contributed by atoms with van der Waals surface area (Å²) in [7, 11) is 0. The lowest BCUT2D eigenvalue weighted by Crippen LogP contribution is -2.42. The second-order valence-electron chi connectivity index (χ2n) is 9.55. The number of carbonyl (C=O) groups is 1. The number of nitrogens with one attached hydrogen (secondary N) is 1. The van der Waals surface area contributed by atoms with E-state index in [2.05, 4.69) is 29.1 Å². The molecule has 1 amide bonds. The van der Waals surface area contributed by atoms with Crippen molar-refractivity contribution in [2.45, 2.75) is 96.6 Å². The van der Waals surface area contributed by atoms with E-state index in [1.165, 1.54) is 17.7 Å². The first kappa shape index (κ1) is 22.4. The van der Waals surface area contributed by atoms with Crippen LogP contribution in [0.5, 0.6) is 0 Å². The van der Waals surface area contributed by atoms with Gasteiger partial charge in [-0.25, -0.2) is 14.8 Å². The Bertz CT molecular complexity index is 979. The van der Waals surface area contributed by atoms with Crippen LogP contribution in [-0.4, -0.2) is 45.3 Å². The fourth-order valence-electron chi connectivity index (χ4n) is 4.42. The molecule has 9 heteroatoms. The summed E-state index contributed by atoms with van der Waals surface area (Å²) in [6.45, 7) is 13.6. The average Bonchev–Trinajstić information content (AvgIpc) is 3.30. The van der Waals surface area contributed by atoms with E-state index in [0.29, 0.717) is 5.82 Å². The highest BCUT2D eigenvalue weighted by atomic mass is 32.1. The van der Waals surface area contributed by atoms with Gasteiger partial charge in [-0.3, -0.25) is 5.32 Å². The summed E-state index contributed by atoms with van der Waals surface area (Å²) >= 11 is 1.47. The minimum absolute atomic E-state index is 0.154. The van der Waals surface area contributed by atoms with Crippen LogP contribution in [0.4, 0.5) is 10.6 Å². The highest BCUT2D eigenvalue weighted by Crippen LogP contribution is 2.53. The molecule has 2 aliphatic heterocycles. The zero-order valence-corrected chi connectivity index (χ0v) is 20.0. The van der Waals surface area contributed by atoms with Crippen molar-refractivity contribution in [1.29, 1.82) is 0 Å². The Balaban J connectivity index is 1.68. The van der Waals surface area contributed by atoms with Gasteiger partial charge < -0.3 is 18.9 Å². The summed E-state index contributed by atoms with van der Waals surface area (Å²) in [5, 5.41) is 4.76. The molecule has 2 aromatic heterocycles. The molecule has 2 fully saturated rings. The SMILES string of the molecule is CCC1(CC)O[C@@H](c2csc3c(NC(=O)OC(C)(C)C)ncnc23)[C@@H]2OC(C)(C)O[C@@H]21. The topological polar surface area (TPSA) is 91.8 Å². The molecule has 0 radical (unpaired) electrons. The van der Waals surface area contributed by atoms with Crippen LogP contribution in [0.3, 0.4) is 0 Å². The number of hydrogen-bond donors (Lipinski definition) is 1. The Morgan fingerprint density at radius 3 is 2.55 bits per heavy atom. The van der Waals surface area contributed by atoms with Crippen LogP contribution in [0.2, 0.25) is 0 Å². The molecule has 2 aromatic rings. The van der Waals surface area contributed by atoms with E-state index >= 15 is 0 Å². The van der Waals surface area contributed by atoms with Gasteiger partial charge in [-0.2, -0.15) is 0 Å². The molecule has 3 atom stereocenters. The lowest BCUT2D eigenvalue weighted by molar-refractivity contribution is -0.211. The lowest BCUT2D eigenvalue weighted by atomic mass is 9.89. The maximum atomic E-state index is 12.3. The fourth-order valence-corrected chi connectivity index (χ4v) is 5.41. The number of rotatable bonds is 4. The quantitative estimate of drug-likeness (QED) is 0.687. The average molecular weight is 450 g/mol. The number of aromatic nitrogens is 2. The Morgan fingerprint density at radius 2 is 1.90 bits per heavy atom. The van der Waals surface area contributed by atoms with Crippen LogP contribution in [0, 0.1) is 0 Å². The van der Waals surface area contributed by atoms with Crippen LogP contribution < -0.4 is 5.32 Å². The monoisotopic (exact) mass is 449 g/mol. The number of hydrogen-bond acceptors (Lipinski definition) is 8. The minimum atomic E-state index is -0.669. The molecule has 0 bridgehead atoms. The Kier molecular flexibility index (Phi) is 5.53. The number of anilines is 1. The van der Waals surface area contributed by atoms with Crippen LogP contribution in [0.1, 0.15) is 73.0 Å². The summed E-state index contributed by atoms with van der Waals surface area (Å²) in [5.41, 5.74) is 0.655. The van der Waals surface area contributed by atoms with Gasteiger partial charge in [0, 0.05) is 5.56 Å². The molecule has 0 saturated carbocycles. The third-order valence-corrected chi connectivity index (χ3v) is 6.81. The van der Waals surface area contributed by atoms with E-state index in [4.69, 9.17) is 18.9 Å². The zero-order chi connectivity index (χ0) is 22.6. The molecular weight excluding hydrogens is 418 g/mol. The van der Waals surface area contributed by atoms with E-state index in [-0.39, 0.29) is 18.3 Å². The summed E-state index contributed by atoms with van der Waals surface area (Å²) in [6, 6.07) is 0. The molecular formula is C22H31N3O5S. The van der Waals surface area contributed by atoms with Gasteiger partial charge >= 0.3 is 6.09 Å². The molecule has 0 spiro atoms. The second-order valence-corrected chi connectivity index (χ2v) is 10.4. The predicted molar refractivity (Wildman–Crippen MR) is 118 cm³/mol. The first-order valence-corrected chi connectivity index (χ1v) is 11.6. The van der Waals surface area contributed by atoms with Gasteiger partial charge in [-0.05, 0) is 52.8 Å². The molecule has 8 nitrogen and oxygen atoms in total. The number of fused-ring (bicyclic) bond motifs is 2. The van der Waals surface area contributed by atoms with Gasteiger partial charge in [-0.1, -0.05) is 13.8 Å². The van der Waals surface area contributed by atoms with Gasteiger partial charge in [-0.15, -0.1) is 11.3 Å². The first-order chi connectivity index (χ1) is 14.5. The Morgan fingerprint density at radius 1 is 1.19 bits per heavy atom. The molecule has 4 heterocycles. The van der Waals surface area contributed by atoms with E-state index in [1.807, 2.05) is 40.0 Å². The molecule has 1 N–H and O–H groups in total. The van der Waals surface area contributed by atoms with E-state index in [9.17, 15) is 4.79 Å². The number of nitrogens with zero attached hydrogens (tertiary/aromatic N) is 2. The van der Waals surface area contributed by atoms with Crippen molar-refractivity contribution < 1.29 is 23.7 Å². The minimum Gasteiger partial charge on any atom is -0.444 e. The second kappa shape index (κ2) is 7.65. The third-order valence-electron chi connectivity index (χ3n) is 5.81. The lowest BCUT2D eigenvalue weighted by Gasteiger charge is -2.33. The van der Waals surface area contributed by atoms with Gasteiger partial charge in [0.25, 0.3) is 0 Å². The summed E-state index contributed by atoms with van der Waals surface area (Å²) in [4.78, 5) is 21.0. The summed E-state index contributed by atoms with van der Waals surface area (Å²) in [5.74, 6) is -0.247. The summed E-state index contributed by atoms with van der Waals surface area (Å²) in [6.07, 6.45) is 1.84. The Hall–Kier alpha value is -1.81. The predicted octanol–water partition coefficient (Wildman–Crippen LogP) is 5.19. The van der Waals surface area contributed by atoms with Crippen molar-refractivity contribution in [3.8, 4) is 0 Å². The van der Waals surface area contributed by atoms with Crippen LogP contribution >= 0.6 is 11.3 Å². The maximum Gasteiger partial charge on any atom is 0.413 e. The van der Waals surface area contributed by atoms with Crippen molar-refractivity contribution in [3.63, 3.8) is 0 Å². The smallest absolute Gasteiger partial charge is 0.413 e. The van der Waals surface area contributed by atoms with Gasteiger partial charge in [0.2, 0.25) is 0 Å². The van der Waals surface area contributed by atoms with Gasteiger partial charge in [0.15, 0.2) is 11.6 Å². The van der Waals surface area contributed by atoms with Crippen molar-refractivity contribution in [3.05, 3.63) is 17.3 Å². The highest BCUT2D eigenvalue weighted by Gasteiger charge is 2.61. The molecule has 4 rings (SSSR count). The molecule has 2 aliphatic rings. The fraction of sp³-hybridized carbons (Fsp3) is 0.682. The van der Waals surface area contributed by atoms with E-state index in [0.717, 1.165) is 28.6 Å². The van der Waals surface area contributed by atoms with Crippen LogP contribution in [0.25, 0.3) is 10.2 Å². The van der Waals surface area contributed by atoms with Crippen LogP contribution in [0.15, 0.2) is 11.7 Å². The van der Waals surface area contributed by atoms with Crippen molar-refractivity contribution in [2.24, 2.45) is 0 Å². The molecule has 170 valence electrons.